The van der Waals surface area contributed by atoms with Gasteiger partial charge in [-0.3, -0.25) is 4.79 Å². The summed E-state index contributed by atoms with van der Waals surface area (Å²) in [5, 5.41) is 11.1. The van der Waals surface area contributed by atoms with Crippen LogP contribution in [-0.2, 0) is 16.0 Å². The molecule has 0 N–H and O–H groups in total. The number of benzene rings is 1. The molecular weight excluding hydrogens is 316 g/mol. The lowest BCUT2D eigenvalue weighted by molar-refractivity contribution is -0.150. The van der Waals surface area contributed by atoms with E-state index in [1.165, 1.54) is 6.33 Å². The summed E-state index contributed by atoms with van der Waals surface area (Å²) in [7, 11) is 0. The van der Waals surface area contributed by atoms with Crippen molar-refractivity contribution in [2.75, 3.05) is 0 Å². The number of carbonyl (C=O) groups excluding carboxylic acids is 1. The van der Waals surface area contributed by atoms with Crippen LogP contribution in [0.5, 0.6) is 0 Å². The van der Waals surface area contributed by atoms with E-state index in [2.05, 4.69) is 36.3 Å². The first kappa shape index (κ1) is 17.6. The van der Waals surface area contributed by atoms with Crippen molar-refractivity contribution in [2.45, 2.75) is 59.0 Å². The molecule has 0 bridgehead atoms. The van der Waals surface area contributed by atoms with Crippen LogP contribution >= 0.6 is 0 Å². The number of carbonyl (C=O) groups is 1. The molecule has 1 fully saturated rings. The first-order chi connectivity index (χ1) is 11.9. The lowest BCUT2D eigenvalue weighted by Gasteiger charge is -2.36. The van der Waals surface area contributed by atoms with E-state index in [-0.39, 0.29) is 12.1 Å². The molecule has 3 rings (SSSR count). The molecule has 0 unspecified atom stereocenters. The highest BCUT2D eigenvalue weighted by Crippen LogP contribution is 2.38. The van der Waals surface area contributed by atoms with Crippen molar-refractivity contribution >= 4 is 5.97 Å². The third-order valence-electron chi connectivity index (χ3n) is 5.10. The molecule has 6 heteroatoms. The fourth-order valence-electron chi connectivity index (χ4n) is 3.49. The Morgan fingerprint density at radius 2 is 1.84 bits per heavy atom. The molecule has 0 radical (unpaired) electrons. The Morgan fingerprint density at radius 1 is 1.16 bits per heavy atom. The van der Waals surface area contributed by atoms with Crippen LogP contribution in [0.4, 0.5) is 0 Å². The summed E-state index contributed by atoms with van der Waals surface area (Å²) in [5.41, 5.74) is 2.14. The Labute approximate surface area is 148 Å². The minimum atomic E-state index is -0.144. The molecule has 1 aliphatic rings. The van der Waals surface area contributed by atoms with Crippen molar-refractivity contribution in [1.82, 2.24) is 20.2 Å². The van der Waals surface area contributed by atoms with Crippen LogP contribution in [0.2, 0.25) is 0 Å². The third-order valence-corrected chi connectivity index (χ3v) is 5.10. The highest BCUT2D eigenvalue weighted by molar-refractivity contribution is 5.72. The van der Waals surface area contributed by atoms with E-state index in [9.17, 15) is 4.79 Å². The van der Waals surface area contributed by atoms with Gasteiger partial charge in [0.1, 0.15) is 12.4 Å². The van der Waals surface area contributed by atoms with E-state index in [0.717, 1.165) is 42.9 Å². The first-order valence-electron chi connectivity index (χ1n) is 8.93. The zero-order chi connectivity index (χ0) is 17.9. The van der Waals surface area contributed by atoms with Crippen LogP contribution in [0.3, 0.4) is 0 Å². The summed E-state index contributed by atoms with van der Waals surface area (Å²) in [5.74, 6) is 0.579. The SMILES string of the molecule is CC(C)(C)C1CCC(OC(=O)Cc2ccc(-n3cnnn3)cc2)CC1. The van der Waals surface area contributed by atoms with Gasteiger partial charge in [-0.05, 0) is 65.1 Å². The maximum Gasteiger partial charge on any atom is 0.310 e. The number of hydrogen-bond donors (Lipinski definition) is 0. The van der Waals surface area contributed by atoms with Crippen LogP contribution < -0.4 is 0 Å². The standard InChI is InChI=1S/C19H26N4O2/c1-19(2,3)15-6-10-17(11-7-15)25-18(24)12-14-4-8-16(9-5-14)23-13-20-21-22-23/h4-5,8-9,13,15,17H,6-7,10-12H2,1-3H3. The monoisotopic (exact) mass is 342 g/mol. The van der Waals surface area contributed by atoms with E-state index < -0.39 is 0 Å². The second-order valence-electron chi connectivity index (χ2n) is 7.93. The third kappa shape index (κ3) is 4.65. The molecule has 6 nitrogen and oxygen atoms in total. The van der Waals surface area contributed by atoms with Gasteiger partial charge in [-0.1, -0.05) is 32.9 Å². The van der Waals surface area contributed by atoms with Gasteiger partial charge in [0.15, 0.2) is 0 Å². The van der Waals surface area contributed by atoms with Crippen molar-refractivity contribution < 1.29 is 9.53 Å². The number of ether oxygens (including phenoxy) is 1. The Balaban J connectivity index is 1.48. The highest BCUT2D eigenvalue weighted by Gasteiger charge is 2.31. The minimum Gasteiger partial charge on any atom is -0.462 e. The van der Waals surface area contributed by atoms with Gasteiger partial charge in [0.2, 0.25) is 0 Å². The molecule has 2 aromatic rings. The number of tetrazole rings is 1. The predicted molar refractivity (Wildman–Crippen MR) is 94.2 cm³/mol. The van der Waals surface area contributed by atoms with E-state index in [1.807, 2.05) is 24.3 Å². The zero-order valence-electron chi connectivity index (χ0n) is 15.2. The minimum absolute atomic E-state index is 0.0756. The molecule has 134 valence electrons. The van der Waals surface area contributed by atoms with Crippen molar-refractivity contribution in [3.05, 3.63) is 36.2 Å². The quantitative estimate of drug-likeness (QED) is 0.797. The van der Waals surface area contributed by atoms with Crippen molar-refractivity contribution in [2.24, 2.45) is 11.3 Å². The van der Waals surface area contributed by atoms with E-state index in [4.69, 9.17) is 4.74 Å². The van der Waals surface area contributed by atoms with Gasteiger partial charge < -0.3 is 4.74 Å². The Hall–Kier alpha value is -2.24. The van der Waals surface area contributed by atoms with Crippen LogP contribution in [0.25, 0.3) is 5.69 Å². The maximum atomic E-state index is 12.2. The van der Waals surface area contributed by atoms with Crippen LogP contribution in [0.1, 0.15) is 52.0 Å². The van der Waals surface area contributed by atoms with Gasteiger partial charge in [-0.2, -0.15) is 0 Å². The second kappa shape index (κ2) is 7.33. The van der Waals surface area contributed by atoms with E-state index >= 15 is 0 Å². The van der Waals surface area contributed by atoms with Gasteiger partial charge in [0.25, 0.3) is 0 Å². The fourth-order valence-corrected chi connectivity index (χ4v) is 3.49. The highest BCUT2D eigenvalue weighted by atomic mass is 16.5. The van der Waals surface area contributed by atoms with E-state index in [0.29, 0.717) is 11.8 Å². The molecule has 1 aromatic carbocycles. The molecule has 25 heavy (non-hydrogen) atoms. The van der Waals surface area contributed by atoms with Gasteiger partial charge >= 0.3 is 5.97 Å². The van der Waals surface area contributed by atoms with Crippen LogP contribution in [-0.4, -0.2) is 32.3 Å². The van der Waals surface area contributed by atoms with Crippen molar-refractivity contribution in [3.8, 4) is 5.69 Å². The molecule has 0 spiro atoms. The summed E-state index contributed by atoms with van der Waals surface area (Å²) < 4.78 is 7.26. The van der Waals surface area contributed by atoms with Crippen LogP contribution in [0, 0.1) is 11.3 Å². The first-order valence-corrected chi connectivity index (χ1v) is 8.93. The summed E-state index contributed by atoms with van der Waals surface area (Å²) in [6.45, 7) is 6.88. The Bertz CT molecular complexity index is 681. The molecule has 1 aromatic heterocycles. The number of esters is 1. The molecule has 0 atom stereocenters. The fraction of sp³-hybridized carbons (Fsp3) is 0.579. The lowest BCUT2D eigenvalue weighted by atomic mass is 9.72. The Morgan fingerprint density at radius 3 is 2.40 bits per heavy atom. The van der Waals surface area contributed by atoms with Crippen molar-refractivity contribution in [3.63, 3.8) is 0 Å². The summed E-state index contributed by atoms with van der Waals surface area (Å²) in [4.78, 5) is 12.2. The molecule has 1 aliphatic carbocycles. The molecule has 0 amide bonds. The molecule has 1 saturated carbocycles. The van der Waals surface area contributed by atoms with Gasteiger partial charge in [0.05, 0.1) is 12.1 Å². The number of rotatable bonds is 4. The van der Waals surface area contributed by atoms with Gasteiger partial charge in [0, 0.05) is 0 Å². The average molecular weight is 342 g/mol. The summed E-state index contributed by atoms with van der Waals surface area (Å²) in [6, 6.07) is 7.62. The molecule has 0 aliphatic heterocycles. The summed E-state index contributed by atoms with van der Waals surface area (Å²) >= 11 is 0. The molecular formula is C19H26N4O2. The zero-order valence-corrected chi connectivity index (χ0v) is 15.2. The van der Waals surface area contributed by atoms with Crippen molar-refractivity contribution in [1.29, 1.82) is 0 Å². The van der Waals surface area contributed by atoms with Gasteiger partial charge in [-0.25, -0.2) is 4.68 Å². The van der Waals surface area contributed by atoms with E-state index in [1.54, 1.807) is 4.68 Å². The average Bonchev–Trinajstić information content (AvgIpc) is 3.09. The normalized spacial score (nSPS) is 21.1. The number of nitrogens with zero attached hydrogens (tertiary/aromatic N) is 4. The summed E-state index contributed by atoms with van der Waals surface area (Å²) in [6.07, 6.45) is 6.15. The molecule has 0 saturated heterocycles. The lowest BCUT2D eigenvalue weighted by Crippen LogP contribution is -2.30. The second-order valence-corrected chi connectivity index (χ2v) is 7.93. The predicted octanol–water partition coefficient (Wildman–Crippen LogP) is 3.35. The van der Waals surface area contributed by atoms with Crippen LogP contribution in [0.15, 0.2) is 30.6 Å². The topological polar surface area (TPSA) is 69.9 Å². The smallest absolute Gasteiger partial charge is 0.310 e. The maximum absolute atomic E-state index is 12.2. The number of aromatic nitrogens is 4. The molecule has 1 heterocycles. The number of hydrogen-bond acceptors (Lipinski definition) is 5. The Kier molecular flexibility index (Phi) is 5.16. The largest absolute Gasteiger partial charge is 0.462 e. The van der Waals surface area contributed by atoms with Gasteiger partial charge in [-0.15, -0.1) is 5.10 Å².